The Morgan fingerprint density at radius 1 is 1.09 bits per heavy atom. The third kappa shape index (κ3) is 4.75. The number of carbonyl (C=O) groups is 1. The maximum Gasteiger partial charge on any atom is 0.242 e. The minimum atomic E-state index is -0.499. The second-order valence-corrected chi connectivity index (χ2v) is 8.85. The molecule has 5 rings (SSSR count). The van der Waals surface area contributed by atoms with Crippen molar-refractivity contribution in [1.29, 1.82) is 0 Å². The lowest BCUT2D eigenvalue weighted by Crippen LogP contribution is -2.19. The summed E-state index contributed by atoms with van der Waals surface area (Å²) >= 11 is 1.42. The fourth-order valence-corrected chi connectivity index (χ4v) is 4.73. The maximum absolute atomic E-state index is 13.5. The standard InChI is InChI=1S/C25H23N5O2S/c1-32-21-11-5-10-19(15-21)27-24(31)22(17-7-3-2-4-8-17)33-25-29-28-23(30(25)20-12-13-20)18-9-6-14-26-16-18/h2-11,14-16,20,22H,12-13H2,1H3,(H,27,31). The number of carbonyl (C=O) groups excluding carboxylic acids is 1. The number of hydrogen-bond donors (Lipinski definition) is 1. The molecule has 1 unspecified atom stereocenters. The van der Waals surface area contributed by atoms with Gasteiger partial charge in [-0.05, 0) is 42.7 Å². The highest BCUT2D eigenvalue weighted by atomic mass is 32.2. The van der Waals surface area contributed by atoms with Crippen LogP contribution in [0.5, 0.6) is 5.75 Å². The Kier molecular flexibility index (Phi) is 6.08. The van der Waals surface area contributed by atoms with Gasteiger partial charge in [0.2, 0.25) is 5.91 Å². The van der Waals surface area contributed by atoms with Crippen LogP contribution in [0.4, 0.5) is 5.69 Å². The summed E-state index contributed by atoms with van der Waals surface area (Å²) in [6.45, 7) is 0. The van der Waals surface area contributed by atoms with Gasteiger partial charge in [-0.15, -0.1) is 10.2 Å². The number of nitrogens with zero attached hydrogens (tertiary/aromatic N) is 4. The van der Waals surface area contributed by atoms with E-state index in [2.05, 4.69) is 25.1 Å². The first kappa shape index (κ1) is 21.2. The highest BCUT2D eigenvalue weighted by molar-refractivity contribution is 8.00. The molecule has 8 heteroatoms. The molecule has 1 saturated carbocycles. The first-order chi connectivity index (χ1) is 16.2. The first-order valence-corrected chi connectivity index (χ1v) is 11.6. The molecule has 0 radical (unpaired) electrons. The lowest BCUT2D eigenvalue weighted by molar-refractivity contribution is -0.115. The van der Waals surface area contributed by atoms with E-state index in [1.807, 2.05) is 60.7 Å². The average molecular weight is 458 g/mol. The van der Waals surface area contributed by atoms with Crippen LogP contribution in [0, 0.1) is 0 Å². The van der Waals surface area contributed by atoms with E-state index in [-0.39, 0.29) is 5.91 Å². The Labute approximate surface area is 196 Å². The molecule has 4 aromatic rings. The quantitative estimate of drug-likeness (QED) is 0.368. The van der Waals surface area contributed by atoms with Crippen molar-refractivity contribution in [3.63, 3.8) is 0 Å². The van der Waals surface area contributed by atoms with E-state index in [1.165, 1.54) is 11.8 Å². The van der Waals surface area contributed by atoms with Crippen LogP contribution in [-0.4, -0.2) is 32.8 Å². The molecular formula is C25H23N5O2S. The molecule has 0 spiro atoms. The Morgan fingerprint density at radius 2 is 1.94 bits per heavy atom. The monoisotopic (exact) mass is 457 g/mol. The Balaban J connectivity index is 1.47. The number of benzene rings is 2. The van der Waals surface area contributed by atoms with Crippen LogP contribution in [0.15, 0.2) is 84.3 Å². The molecule has 1 aliphatic rings. The van der Waals surface area contributed by atoms with Crippen molar-refractivity contribution in [2.24, 2.45) is 0 Å². The van der Waals surface area contributed by atoms with Crippen LogP contribution < -0.4 is 10.1 Å². The predicted octanol–water partition coefficient (Wildman–Crippen LogP) is 5.16. The van der Waals surface area contributed by atoms with Crippen molar-refractivity contribution < 1.29 is 9.53 Å². The molecule has 33 heavy (non-hydrogen) atoms. The highest BCUT2D eigenvalue weighted by Crippen LogP contribution is 2.44. The van der Waals surface area contributed by atoms with Gasteiger partial charge in [-0.25, -0.2) is 0 Å². The molecule has 166 valence electrons. The molecule has 1 fully saturated rings. The smallest absolute Gasteiger partial charge is 0.242 e. The fraction of sp³-hybridized carbons (Fsp3) is 0.200. The third-order valence-electron chi connectivity index (χ3n) is 5.40. The maximum atomic E-state index is 13.5. The molecule has 0 bridgehead atoms. The summed E-state index contributed by atoms with van der Waals surface area (Å²) in [6.07, 6.45) is 5.68. The topological polar surface area (TPSA) is 81.9 Å². The van der Waals surface area contributed by atoms with E-state index in [0.29, 0.717) is 17.5 Å². The summed E-state index contributed by atoms with van der Waals surface area (Å²) in [5.41, 5.74) is 2.50. The van der Waals surface area contributed by atoms with Crippen LogP contribution in [0.2, 0.25) is 0 Å². The zero-order valence-electron chi connectivity index (χ0n) is 18.1. The fourth-order valence-electron chi connectivity index (χ4n) is 3.63. The molecule has 1 N–H and O–H groups in total. The number of thioether (sulfide) groups is 1. The van der Waals surface area contributed by atoms with E-state index >= 15 is 0 Å². The summed E-state index contributed by atoms with van der Waals surface area (Å²) in [7, 11) is 1.61. The van der Waals surface area contributed by atoms with E-state index in [0.717, 1.165) is 34.9 Å². The van der Waals surface area contributed by atoms with E-state index in [9.17, 15) is 4.79 Å². The molecule has 1 atom stereocenters. The van der Waals surface area contributed by atoms with Gasteiger partial charge in [0.25, 0.3) is 0 Å². The van der Waals surface area contributed by atoms with Gasteiger partial charge < -0.3 is 10.1 Å². The lowest BCUT2D eigenvalue weighted by Gasteiger charge is -2.18. The van der Waals surface area contributed by atoms with Crippen LogP contribution in [0.3, 0.4) is 0 Å². The Morgan fingerprint density at radius 3 is 2.67 bits per heavy atom. The largest absolute Gasteiger partial charge is 0.497 e. The van der Waals surface area contributed by atoms with Crippen LogP contribution in [0.25, 0.3) is 11.4 Å². The average Bonchev–Trinajstić information content (AvgIpc) is 3.62. The number of pyridine rings is 1. The van der Waals surface area contributed by atoms with Gasteiger partial charge in [0.05, 0.1) is 7.11 Å². The van der Waals surface area contributed by atoms with E-state index in [1.54, 1.807) is 25.6 Å². The minimum absolute atomic E-state index is 0.132. The number of amides is 1. The predicted molar refractivity (Wildman–Crippen MR) is 128 cm³/mol. The number of hydrogen-bond acceptors (Lipinski definition) is 6. The van der Waals surface area contributed by atoms with Gasteiger partial charge in [-0.2, -0.15) is 0 Å². The van der Waals surface area contributed by atoms with Crippen LogP contribution >= 0.6 is 11.8 Å². The third-order valence-corrected chi connectivity index (χ3v) is 6.61. The number of ether oxygens (including phenoxy) is 1. The SMILES string of the molecule is COc1cccc(NC(=O)C(Sc2nnc(-c3cccnc3)n2C2CC2)c2ccccc2)c1. The molecule has 7 nitrogen and oxygen atoms in total. The van der Waals surface area contributed by atoms with Crippen molar-refractivity contribution in [1.82, 2.24) is 19.7 Å². The van der Waals surface area contributed by atoms with Gasteiger partial charge in [0.15, 0.2) is 11.0 Å². The molecular weight excluding hydrogens is 434 g/mol. The number of rotatable bonds is 8. The van der Waals surface area contributed by atoms with Gasteiger partial charge in [-0.3, -0.25) is 14.3 Å². The zero-order chi connectivity index (χ0) is 22.6. The van der Waals surface area contributed by atoms with Gasteiger partial charge in [-0.1, -0.05) is 48.2 Å². The number of methoxy groups -OCH3 is 1. The first-order valence-electron chi connectivity index (χ1n) is 10.7. The van der Waals surface area contributed by atoms with Crippen molar-refractivity contribution in [3.05, 3.63) is 84.7 Å². The second-order valence-electron chi connectivity index (χ2n) is 7.78. The van der Waals surface area contributed by atoms with Crippen molar-refractivity contribution in [2.75, 3.05) is 12.4 Å². The molecule has 2 aromatic carbocycles. The molecule has 0 saturated heterocycles. The summed E-state index contributed by atoms with van der Waals surface area (Å²) in [6, 6.07) is 21.3. The molecule has 0 aliphatic heterocycles. The molecule has 1 amide bonds. The summed E-state index contributed by atoms with van der Waals surface area (Å²) in [5, 5.41) is 12.2. The van der Waals surface area contributed by atoms with Crippen LogP contribution in [-0.2, 0) is 4.79 Å². The van der Waals surface area contributed by atoms with Crippen molar-refractivity contribution in [3.8, 4) is 17.1 Å². The van der Waals surface area contributed by atoms with Gasteiger partial charge >= 0.3 is 0 Å². The van der Waals surface area contributed by atoms with E-state index < -0.39 is 5.25 Å². The Bertz CT molecular complexity index is 1240. The molecule has 1 aliphatic carbocycles. The highest BCUT2D eigenvalue weighted by Gasteiger charge is 2.33. The Hall–Kier alpha value is -3.65. The van der Waals surface area contributed by atoms with E-state index in [4.69, 9.17) is 4.74 Å². The zero-order valence-corrected chi connectivity index (χ0v) is 18.9. The second kappa shape index (κ2) is 9.46. The summed E-state index contributed by atoms with van der Waals surface area (Å²) < 4.78 is 7.44. The number of nitrogens with one attached hydrogen (secondary N) is 1. The van der Waals surface area contributed by atoms with Crippen LogP contribution in [0.1, 0.15) is 29.7 Å². The minimum Gasteiger partial charge on any atom is -0.497 e. The summed E-state index contributed by atoms with van der Waals surface area (Å²) in [5.74, 6) is 1.34. The van der Waals surface area contributed by atoms with Crippen molar-refractivity contribution >= 4 is 23.4 Å². The normalized spacial score (nSPS) is 14.0. The number of anilines is 1. The van der Waals surface area contributed by atoms with Gasteiger partial charge in [0, 0.05) is 35.8 Å². The number of aromatic nitrogens is 4. The van der Waals surface area contributed by atoms with Gasteiger partial charge in [0.1, 0.15) is 11.0 Å². The molecule has 2 aromatic heterocycles. The lowest BCUT2D eigenvalue weighted by atomic mass is 10.1. The summed E-state index contributed by atoms with van der Waals surface area (Å²) in [4.78, 5) is 17.7. The van der Waals surface area contributed by atoms with Crippen molar-refractivity contribution in [2.45, 2.75) is 29.3 Å². The molecule has 2 heterocycles.